The van der Waals surface area contributed by atoms with Crippen molar-refractivity contribution < 1.29 is 9.59 Å². The first-order chi connectivity index (χ1) is 17.2. The number of hydrogen-bond donors (Lipinski definition) is 1. The fourth-order valence-electron chi connectivity index (χ4n) is 5.52. The zero-order valence-corrected chi connectivity index (χ0v) is 20.5. The van der Waals surface area contributed by atoms with E-state index in [-0.39, 0.29) is 23.1 Å². The molecule has 0 radical (unpaired) electrons. The summed E-state index contributed by atoms with van der Waals surface area (Å²) in [5, 5.41) is 3.39. The van der Waals surface area contributed by atoms with Gasteiger partial charge in [0.25, 0.3) is 0 Å². The first-order valence-electron chi connectivity index (χ1n) is 12.4. The SMILES string of the molecule is O=C1[C@H]2CCCN2C(=O)[C@@H](Cc2ccc3ccccc3c2)SCCN1Cc1c[nH]c2ccccc12. The van der Waals surface area contributed by atoms with E-state index in [1.54, 1.807) is 11.8 Å². The second kappa shape index (κ2) is 9.42. The zero-order chi connectivity index (χ0) is 23.8. The molecule has 35 heavy (non-hydrogen) atoms. The van der Waals surface area contributed by atoms with E-state index in [4.69, 9.17) is 0 Å². The molecule has 0 unspecified atom stereocenters. The number of nitrogens with zero attached hydrogens (tertiary/aromatic N) is 2. The van der Waals surface area contributed by atoms with Gasteiger partial charge in [0.15, 0.2) is 0 Å². The maximum Gasteiger partial charge on any atom is 0.245 e. The Morgan fingerprint density at radius 3 is 2.66 bits per heavy atom. The van der Waals surface area contributed by atoms with Crippen LogP contribution in [0.3, 0.4) is 0 Å². The van der Waals surface area contributed by atoms with Crippen LogP contribution in [0.2, 0.25) is 0 Å². The van der Waals surface area contributed by atoms with Crippen molar-refractivity contribution in [2.75, 3.05) is 18.8 Å². The van der Waals surface area contributed by atoms with E-state index in [1.807, 2.05) is 34.2 Å². The molecule has 178 valence electrons. The molecule has 2 aliphatic rings. The molecule has 1 aromatic heterocycles. The van der Waals surface area contributed by atoms with Gasteiger partial charge >= 0.3 is 0 Å². The molecule has 2 aliphatic heterocycles. The number of fused-ring (bicyclic) bond motifs is 3. The predicted octanol–water partition coefficient (Wildman–Crippen LogP) is 5.00. The Morgan fingerprint density at radius 2 is 1.74 bits per heavy atom. The van der Waals surface area contributed by atoms with Gasteiger partial charge in [-0.3, -0.25) is 9.59 Å². The van der Waals surface area contributed by atoms with Gasteiger partial charge in [-0.2, -0.15) is 0 Å². The largest absolute Gasteiger partial charge is 0.361 e. The Morgan fingerprint density at radius 1 is 0.914 bits per heavy atom. The Bertz CT molecular complexity index is 1400. The highest BCUT2D eigenvalue weighted by molar-refractivity contribution is 8.00. The van der Waals surface area contributed by atoms with E-state index >= 15 is 0 Å². The highest BCUT2D eigenvalue weighted by Gasteiger charge is 2.40. The Kier molecular flexibility index (Phi) is 5.98. The first-order valence-corrected chi connectivity index (χ1v) is 13.5. The summed E-state index contributed by atoms with van der Waals surface area (Å²) in [5.41, 5.74) is 3.38. The second-order valence-electron chi connectivity index (χ2n) is 9.55. The summed E-state index contributed by atoms with van der Waals surface area (Å²) in [6.07, 6.45) is 4.34. The van der Waals surface area contributed by atoms with Crippen molar-refractivity contribution in [1.82, 2.24) is 14.8 Å². The molecule has 2 amide bonds. The van der Waals surface area contributed by atoms with Crippen molar-refractivity contribution in [1.29, 1.82) is 0 Å². The van der Waals surface area contributed by atoms with Gasteiger partial charge in [-0.25, -0.2) is 0 Å². The minimum absolute atomic E-state index is 0.0908. The number of amides is 2. The Hall–Kier alpha value is -3.25. The molecule has 2 saturated heterocycles. The smallest absolute Gasteiger partial charge is 0.245 e. The summed E-state index contributed by atoms with van der Waals surface area (Å²) in [5.74, 6) is 0.958. The second-order valence-corrected chi connectivity index (χ2v) is 10.9. The monoisotopic (exact) mass is 483 g/mol. The van der Waals surface area contributed by atoms with E-state index in [9.17, 15) is 9.59 Å². The van der Waals surface area contributed by atoms with Crippen LogP contribution in [0.1, 0.15) is 24.0 Å². The van der Waals surface area contributed by atoms with Crippen molar-refractivity contribution in [2.24, 2.45) is 0 Å². The molecule has 0 spiro atoms. The molecule has 0 bridgehead atoms. The molecule has 5 nitrogen and oxygen atoms in total. The fourth-order valence-corrected chi connectivity index (χ4v) is 6.72. The van der Waals surface area contributed by atoms with Gasteiger partial charge in [0.05, 0.1) is 5.25 Å². The number of aromatic nitrogens is 1. The zero-order valence-electron chi connectivity index (χ0n) is 19.7. The summed E-state index contributed by atoms with van der Waals surface area (Å²) in [6.45, 7) is 1.89. The van der Waals surface area contributed by atoms with Crippen LogP contribution in [-0.4, -0.2) is 56.7 Å². The third kappa shape index (κ3) is 4.31. The van der Waals surface area contributed by atoms with Gasteiger partial charge < -0.3 is 14.8 Å². The summed E-state index contributed by atoms with van der Waals surface area (Å²) >= 11 is 1.70. The number of rotatable bonds is 4. The molecule has 6 rings (SSSR count). The van der Waals surface area contributed by atoms with E-state index in [1.165, 1.54) is 16.3 Å². The van der Waals surface area contributed by atoms with Crippen LogP contribution < -0.4 is 0 Å². The molecular formula is C29H29N3O2S. The lowest BCUT2D eigenvalue weighted by Gasteiger charge is -2.29. The van der Waals surface area contributed by atoms with Crippen LogP contribution >= 0.6 is 11.8 Å². The normalized spacial score (nSPS) is 21.3. The van der Waals surface area contributed by atoms with Crippen LogP contribution in [0.15, 0.2) is 72.9 Å². The van der Waals surface area contributed by atoms with Gasteiger partial charge in [0.1, 0.15) is 6.04 Å². The lowest BCUT2D eigenvalue weighted by atomic mass is 10.0. The minimum atomic E-state index is -0.342. The van der Waals surface area contributed by atoms with E-state index in [2.05, 4.69) is 53.5 Å². The molecule has 0 aliphatic carbocycles. The van der Waals surface area contributed by atoms with Crippen molar-refractivity contribution >= 4 is 45.3 Å². The van der Waals surface area contributed by atoms with Crippen LogP contribution in [0.5, 0.6) is 0 Å². The van der Waals surface area contributed by atoms with Gasteiger partial charge in [0, 0.05) is 42.5 Å². The number of thioether (sulfide) groups is 1. The maximum atomic E-state index is 13.7. The van der Waals surface area contributed by atoms with Crippen LogP contribution in [0, 0.1) is 0 Å². The number of benzene rings is 3. The molecule has 2 atom stereocenters. The summed E-state index contributed by atoms with van der Waals surface area (Å²) in [6, 6.07) is 22.7. The molecule has 1 N–H and O–H groups in total. The summed E-state index contributed by atoms with van der Waals surface area (Å²) in [4.78, 5) is 34.5. The number of carbonyl (C=O) groups excluding carboxylic acids is 2. The van der Waals surface area contributed by atoms with Crippen molar-refractivity contribution in [3.8, 4) is 0 Å². The Balaban J connectivity index is 1.25. The standard InChI is InChI=1S/C29H29N3O2S/c33-28-26-10-5-13-32(26)29(34)27(17-20-11-12-21-6-1-2-7-22(21)16-20)35-15-14-31(28)19-23-18-30-25-9-4-3-8-24(23)25/h1-4,6-9,11-12,16,18,26-27,30H,5,10,13-15,17,19H2/t26-,27-/m1/s1. The number of H-pyrrole nitrogens is 1. The molecule has 6 heteroatoms. The minimum Gasteiger partial charge on any atom is -0.361 e. The van der Waals surface area contributed by atoms with E-state index in [0.29, 0.717) is 26.1 Å². The maximum absolute atomic E-state index is 13.7. The lowest BCUT2D eigenvalue weighted by molar-refractivity contribution is -0.143. The average molecular weight is 484 g/mol. The number of nitrogens with one attached hydrogen (secondary N) is 1. The molecular weight excluding hydrogens is 454 g/mol. The topological polar surface area (TPSA) is 56.4 Å². The third-order valence-electron chi connectivity index (χ3n) is 7.36. The molecule has 3 heterocycles. The van der Waals surface area contributed by atoms with Crippen LogP contribution in [0.4, 0.5) is 0 Å². The third-order valence-corrected chi connectivity index (χ3v) is 8.55. The molecule has 2 fully saturated rings. The van der Waals surface area contributed by atoms with Gasteiger partial charge in [-0.15, -0.1) is 11.8 Å². The van der Waals surface area contributed by atoms with Crippen molar-refractivity contribution in [2.45, 2.75) is 37.1 Å². The van der Waals surface area contributed by atoms with Gasteiger partial charge in [-0.05, 0) is 47.2 Å². The number of carbonyl (C=O) groups is 2. The van der Waals surface area contributed by atoms with Gasteiger partial charge in [0.2, 0.25) is 11.8 Å². The molecule has 0 saturated carbocycles. The lowest BCUT2D eigenvalue weighted by Crippen LogP contribution is -2.49. The summed E-state index contributed by atoms with van der Waals surface area (Å²) < 4.78 is 0. The van der Waals surface area contributed by atoms with E-state index < -0.39 is 0 Å². The number of aromatic amines is 1. The first kappa shape index (κ1) is 22.2. The fraction of sp³-hybridized carbons (Fsp3) is 0.310. The highest BCUT2D eigenvalue weighted by Crippen LogP contribution is 2.30. The van der Waals surface area contributed by atoms with Crippen LogP contribution in [-0.2, 0) is 22.6 Å². The van der Waals surface area contributed by atoms with Crippen molar-refractivity contribution in [3.05, 3.63) is 84.1 Å². The average Bonchev–Trinajstić information content (AvgIpc) is 3.54. The van der Waals surface area contributed by atoms with Crippen LogP contribution in [0.25, 0.3) is 21.7 Å². The Labute approximate surface area is 209 Å². The van der Waals surface area contributed by atoms with Gasteiger partial charge in [-0.1, -0.05) is 60.7 Å². The predicted molar refractivity (Wildman–Crippen MR) is 142 cm³/mol. The number of para-hydroxylation sites is 1. The summed E-state index contributed by atoms with van der Waals surface area (Å²) in [7, 11) is 0. The molecule has 3 aromatic carbocycles. The highest BCUT2D eigenvalue weighted by atomic mass is 32.2. The molecule has 4 aromatic rings. The number of hydrogen-bond acceptors (Lipinski definition) is 3. The van der Waals surface area contributed by atoms with Crippen molar-refractivity contribution in [3.63, 3.8) is 0 Å². The quantitative estimate of drug-likeness (QED) is 0.445. The van der Waals surface area contributed by atoms with E-state index in [0.717, 1.165) is 35.1 Å².